The first kappa shape index (κ1) is 9.26. The van der Waals surface area contributed by atoms with Crippen LogP contribution in [0.25, 0.3) is 0 Å². The van der Waals surface area contributed by atoms with E-state index in [1.165, 1.54) is 57.2 Å². The topological polar surface area (TPSA) is 12.0 Å². The van der Waals surface area contributed by atoms with Crippen LogP contribution in [0.15, 0.2) is 12.2 Å². The van der Waals surface area contributed by atoms with Crippen molar-refractivity contribution in [2.45, 2.75) is 38.5 Å². The van der Waals surface area contributed by atoms with Gasteiger partial charge < -0.3 is 5.32 Å². The van der Waals surface area contributed by atoms with Crippen LogP contribution < -0.4 is 5.32 Å². The molecule has 1 saturated carbocycles. The highest BCUT2D eigenvalue weighted by Crippen LogP contribution is 2.33. The smallest absolute Gasteiger partial charge is 0.00200 e. The number of allylic oxidation sites excluding steroid dienone is 1. The summed E-state index contributed by atoms with van der Waals surface area (Å²) in [6, 6.07) is 0. The summed E-state index contributed by atoms with van der Waals surface area (Å²) in [5, 5.41) is 3.44. The molecule has 2 rings (SSSR count). The monoisotopic (exact) mass is 179 g/mol. The molecule has 0 aromatic carbocycles. The summed E-state index contributed by atoms with van der Waals surface area (Å²) in [4.78, 5) is 0. The predicted molar refractivity (Wildman–Crippen MR) is 56.7 cm³/mol. The molecule has 1 heteroatoms. The standard InChI is InChI=1S/C12H21N/c1-10-2-3-11(8-10)4-5-12-6-7-13-9-12/h11-13H,1-9H2. The van der Waals surface area contributed by atoms with E-state index in [1.54, 1.807) is 0 Å². The van der Waals surface area contributed by atoms with Crippen LogP contribution in [0.5, 0.6) is 0 Å². The van der Waals surface area contributed by atoms with Gasteiger partial charge in [-0.15, -0.1) is 0 Å². The van der Waals surface area contributed by atoms with Crippen molar-refractivity contribution in [2.75, 3.05) is 13.1 Å². The molecule has 0 amide bonds. The minimum Gasteiger partial charge on any atom is -0.316 e. The number of rotatable bonds is 3. The maximum absolute atomic E-state index is 4.07. The molecule has 13 heavy (non-hydrogen) atoms. The molecule has 2 atom stereocenters. The summed E-state index contributed by atoms with van der Waals surface area (Å²) in [7, 11) is 0. The van der Waals surface area contributed by atoms with Crippen LogP contribution >= 0.6 is 0 Å². The van der Waals surface area contributed by atoms with Gasteiger partial charge in [-0.2, -0.15) is 0 Å². The van der Waals surface area contributed by atoms with Gasteiger partial charge in [-0.1, -0.05) is 12.2 Å². The van der Waals surface area contributed by atoms with Crippen molar-refractivity contribution in [1.29, 1.82) is 0 Å². The van der Waals surface area contributed by atoms with Gasteiger partial charge in [0.2, 0.25) is 0 Å². The van der Waals surface area contributed by atoms with Crippen LogP contribution in [0.2, 0.25) is 0 Å². The Kier molecular flexibility index (Phi) is 3.05. The minimum atomic E-state index is 0.980. The molecule has 2 unspecified atom stereocenters. The summed E-state index contributed by atoms with van der Waals surface area (Å²) < 4.78 is 0. The highest BCUT2D eigenvalue weighted by molar-refractivity contribution is 5.01. The fraction of sp³-hybridized carbons (Fsp3) is 0.833. The summed E-state index contributed by atoms with van der Waals surface area (Å²) in [6.45, 7) is 6.60. The molecule has 0 bridgehead atoms. The van der Waals surface area contributed by atoms with Crippen LogP contribution in [0, 0.1) is 11.8 Å². The molecule has 2 aliphatic rings. The summed E-state index contributed by atoms with van der Waals surface area (Å²) in [5.74, 6) is 1.96. The molecule has 1 nitrogen and oxygen atoms in total. The van der Waals surface area contributed by atoms with Crippen molar-refractivity contribution >= 4 is 0 Å². The van der Waals surface area contributed by atoms with Crippen LogP contribution in [0.4, 0.5) is 0 Å². The Morgan fingerprint density at radius 1 is 1.23 bits per heavy atom. The quantitative estimate of drug-likeness (QED) is 0.657. The molecule has 1 heterocycles. The first-order valence-corrected chi connectivity index (χ1v) is 5.72. The zero-order valence-electron chi connectivity index (χ0n) is 8.52. The zero-order chi connectivity index (χ0) is 9.10. The Hall–Kier alpha value is -0.300. The third-order valence-electron chi connectivity index (χ3n) is 3.63. The lowest BCUT2D eigenvalue weighted by Crippen LogP contribution is -2.09. The highest BCUT2D eigenvalue weighted by atomic mass is 14.9. The fourth-order valence-electron chi connectivity index (χ4n) is 2.70. The van der Waals surface area contributed by atoms with E-state index in [1.807, 2.05) is 0 Å². The van der Waals surface area contributed by atoms with E-state index < -0.39 is 0 Å². The second-order valence-corrected chi connectivity index (χ2v) is 4.79. The average molecular weight is 179 g/mol. The number of hydrogen-bond acceptors (Lipinski definition) is 1. The van der Waals surface area contributed by atoms with Gasteiger partial charge in [0, 0.05) is 0 Å². The second-order valence-electron chi connectivity index (χ2n) is 4.79. The van der Waals surface area contributed by atoms with Crippen molar-refractivity contribution in [2.24, 2.45) is 11.8 Å². The molecule has 1 aliphatic carbocycles. The molecule has 74 valence electrons. The Morgan fingerprint density at radius 2 is 2.08 bits per heavy atom. The first-order valence-electron chi connectivity index (χ1n) is 5.72. The number of hydrogen-bond donors (Lipinski definition) is 1. The fourth-order valence-corrected chi connectivity index (χ4v) is 2.70. The van der Waals surface area contributed by atoms with Crippen LogP contribution in [0.1, 0.15) is 38.5 Å². The summed E-state index contributed by atoms with van der Waals surface area (Å²) >= 11 is 0. The van der Waals surface area contributed by atoms with E-state index in [4.69, 9.17) is 0 Å². The molecule has 0 aromatic heterocycles. The third kappa shape index (κ3) is 2.57. The van der Waals surface area contributed by atoms with E-state index in [0.717, 1.165) is 11.8 Å². The molecule has 0 radical (unpaired) electrons. The van der Waals surface area contributed by atoms with Crippen molar-refractivity contribution in [1.82, 2.24) is 5.32 Å². The van der Waals surface area contributed by atoms with Gasteiger partial charge in [-0.3, -0.25) is 0 Å². The minimum absolute atomic E-state index is 0.980. The number of nitrogens with one attached hydrogen (secondary N) is 1. The molecule has 0 spiro atoms. The maximum atomic E-state index is 4.07. The lowest BCUT2D eigenvalue weighted by molar-refractivity contribution is 0.418. The molecule has 2 fully saturated rings. The van der Waals surface area contributed by atoms with E-state index in [-0.39, 0.29) is 0 Å². The Bertz CT molecular complexity index is 180. The van der Waals surface area contributed by atoms with Gasteiger partial charge in [0.1, 0.15) is 0 Å². The molecule has 0 aromatic rings. The van der Waals surface area contributed by atoms with Gasteiger partial charge in [0.15, 0.2) is 0 Å². The van der Waals surface area contributed by atoms with Crippen molar-refractivity contribution < 1.29 is 0 Å². The third-order valence-corrected chi connectivity index (χ3v) is 3.63. The first-order chi connectivity index (χ1) is 6.34. The largest absolute Gasteiger partial charge is 0.316 e. The van der Waals surface area contributed by atoms with Crippen LogP contribution in [-0.2, 0) is 0 Å². The maximum Gasteiger partial charge on any atom is -0.00200 e. The Balaban J connectivity index is 1.64. The van der Waals surface area contributed by atoms with Crippen LogP contribution in [0.3, 0.4) is 0 Å². The van der Waals surface area contributed by atoms with Crippen molar-refractivity contribution in [3.63, 3.8) is 0 Å². The molecule has 1 aliphatic heterocycles. The Morgan fingerprint density at radius 3 is 2.69 bits per heavy atom. The SMILES string of the molecule is C=C1CCC(CCC2CCNC2)C1. The normalized spacial score (nSPS) is 34.3. The molecular formula is C12H21N. The van der Waals surface area contributed by atoms with Crippen LogP contribution in [-0.4, -0.2) is 13.1 Å². The van der Waals surface area contributed by atoms with Crippen molar-refractivity contribution in [3.8, 4) is 0 Å². The molecule has 1 saturated heterocycles. The Labute approximate surface area is 81.6 Å². The summed E-state index contributed by atoms with van der Waals surface area (Å²) in [5.41, 5.74) is 1.49. The van der Waals surface area contributed by atoms with Gasteiger partial charge in [0.05, 0.1) is 0 Å². The van der Waals surface area contributed by atoms with Gasteiger partial charge >= 0.3 is 0 Å². The molecule has 1 N–H and O–H groups in total. The van der Waals surface area contributed by atoms with Gasteiger partial charge in [-0.25, -0.2) is 0 Å². The molecular weight excluding hydrogens is 158 g/mol. The predicted octanol–water partition coefficient (Wildman–Crippen LogP) is 2.73. The van der Waals surface area contributed by atoms with E-state index in [2.05, 4.69) is 11.9 Å². The lowest BCUT2D eigenvalue weighted by Gasteiger charge is -2.12. The van der Waals surface area contributed by atoms with E-state index >= 15 is 0 Å². The zero-order valence-corrected chi connectivity index (χ0v) is 8.52. The highest BCUT2D eigenvalue weighted by Gasteiger charge is 2.20. The van der Waals surface area contributed by atoms with Gasteiger partial charge in [0.25, 0.3) is 0 Å². The summed E-state index contributed by atoms with van der Waals surface area (Å²) in [6.07, 6.45) is 8.34. The second kappa shape index (κ2) is 4.28. The van der Waals surface area contributed by atoms with Crippen molar-refractivity contribution in [3.05, 3.63) is 12.2 Å². The van der Waals surface area contributed by atoms with Gasteiger partial charge in [-0.05, 0) is 63.5 Å². The van der Waals surface area contributed by atoms with E-state index in [9.17, 15) is 0 Å². The average Bonchev–Trinajstić information content (AvgIpc) is 2.71. The lowest BCUT2D eigenvalue weighted by atomic mass is 9.94. The van der Waals surface area contributed by atoms with E-state index in [0.29, 0.717) is 0 Å².